The summed E-state index contributed by atoms with van der Waals surface area (Å²) in [4.78, 5) is 10.8. The van der Waals surface area contributed by atoms with Crippen molar-refractivity contribution < 1.29 is 25.2 Å². The van der Waals surface area contributed by atoms with Gasteiger partial charge in [-0.3, -0.25) is 0 Å². The number of aliphatic hydroxyl groups is 3. The molecule has 6 heteroatoms. The lowest BCUT2D eigenvalue weighted by Crippen LogP contribution is -2.22. The van der Waals surface area contributed by atoms with Gasteiger partial charge >= 0.3 is 5.97 Å². The van der Waals surface area contributed by atoms with Crippen molar-refractivity contribution in [2.75, 3.05) is 6.61 Å². The predicted molar refractivity (Wildman–Crippen MR) is 59.2 cm³/mol. The van der Waals surface area contributed by atoms with Crippen molar-refractivity contribution in [2.24, 2.45) is 0 Å². The first-order valence-electron chi connectivity index (χ1n) is 4.46. The molecule has 1 aromatic rings. The van der Waals surface area contributed by atoms with Crippen molar-refractivity contribution in [2.45, 2.75) is 12.2 Å². The first-order valence-corrected chi connectivity index (χ1v) is 5.25. The van der Waals surface area contributed by atoms with Gasteiger partial charge < -0.3 is 20.4 Å². The van der Waals surface area contributed by atoms with Gasteiger partial charge in [-0.2, -0.15) is 0 Å². The number of hydrogen-bond donors (Lipinski definition) is 4. The topological polar surface area (TPSA) is 98.0 Å². The summed E-state index contributed by atoms with van der Waals surface area (Å²) in [6, 6.07) is 4.11. The van der Waals surface area contributed by atoms with Crippen LogP contribution in [0.25, 0.3) is 0 Å². The van der Waals surface area contributed by atoms with Gasteiger partial charge in [0.05, 0.1) is 12.2 Å². The van der Waals surface area contributed by atoms with Crippen LogP contribution in [0.2, 0.25) is 0 Å². The van der Waals surface area contributed by atoms with E-state index in [2.05, 4.69) is 15.9 Å². The minimum Gasteiger partial charge on any atom is -0.478 e. The Morgan fingerprint density at radius 2 is 1.94 bits per heavy atom. The Morgan fingerprint density at radius 1 is 1.31 bits per heavy atom. The molecule has 0 aromatic heterocycles. The van der Waals surface area contributed by atoms with Crippen LogP contribution in [0.15, 0.2) is 22.7 Å². The average Bonchev–Trinajstić information content (AvgIpc) is 2.26. The average molecular weight is 291 g/mol. The van der Waals surface area contributed by atoms with Gasteiger partial charge in [-0.05, 0) is 23.8 Å². The molecule has 2 atom stereocenters. The van der Waals surface area contributed by atoms with Gasteiger partial charge in [0.1, 0.15) is 12.2 Å². The molecule has 0 aliphatic carbocycles. The summed E-state index contributed by atoms with van der Waals surface area (Å²) < 4.78 is 0.478. The third kappa shape index (κ3) is 3.02. The highest BCUT2D eigenvalue weighted by Gasteiger charge is 2.19. The largest absolute Gasteiger partial charge is 0.478 e. The van der Waals surface area contributed by atoms with Crippen LogP contribution in [-0.4, -0.2) is 39.1 Å². The number of hydrogen-bond acceptors (Lipinski definition) is 4. The molecule has 0 radical (unpaired) electrons. The standard InChI is InChI=1S/C10H11BrO5/c11-7-2-5(9(14)8(13)4-12)1-6(3-7)10(15)16/h1-3,8-9,12-14H,4H2,(H,15,16). The van der Waals surface area contributed by atoms with E-state index in [4.69, 9.17) is 10.2 Å². The van der Waals surface area contributed by atoms with Gasteiger partial charge in [-0.1, -0.05) is 15.9 Å². The molecule has 0 bridgehead atoms. The summed E-state index contributed by atoms with van der Waals surface area (Å²) in [6.45, 7) is -0.601. The SMILES string of the molecule is O=C(O)c1cc(Br)cc(C(O)C(O)CO)c1. The van der Waals surface area contributed by atoms with Crippen LogP contribution in [0.1, 0.15) is 22.0 Å². The van der Waals surface area contributed by atoms with Crippen LogP contribution in [0.4, 0.5) is 0 Å². The summed E-state index contributed by atoms with van der Waals surface area (Å²) in [7, 11) is 0. The molecule has 0 aliphatic heterocycles. The molecule has 0 fully saturated rings. The van der Waals surface area contributed by atoms with Crippen LogP contribution in [-0.2, 0) is 0 Å². The first kappa shape index (κ1) is 13.1. The van der Waals surface area contributed by atoms with Crippen LogP contribution in [0.3, 0.4) is 0 Å². The van der Waals surface area contributed by atoms with Crippen LogP contribution in [0, 0.1) is 0 Å². The summed E-state index contributed by atoms with van der Waals surface area (Å²) in [5.74, 6) is -1.13. The number of carbonyl (C=O) groups is 1. The van der Waals surface area contributed by atoms with Crippen LogP contribution < -0.4 is 0 Å². The summed E-state index contributed by atoms with van der Waals surface area (Å²) >= 11 is 3.10. The Morgan fingerprint density at radius 3 is 2.44 bits per heavy atom. The molecular formula is C10H11BrO5. The fourth-order valence-electron chi connectivity index (χ4n) is 1.23. The van der Waals surface area contributed by atoms with Gasteiger partial charge in [-0.15, -0.1) is 0 Å². The normalized spacial score (nSPS) is 14.5. The second-order valence-corrected chi connectivity index (χ2v) is 4.19. The number of aromatic carboxylic acids is 1. The fourth-order valence-corrected chi connectivity index (χ4v) is 1.74. The first-order chi connectivity index (χ1) is 7.45. The Kier molecular flexibility index (Phi) is 4.43. The molecule has 1 rings (SSSR count). The maximum atomic E-state index is 10.8. The molecule has 1 aromatic carbocycles. The molecule has 0 saturated carbocycles. The fraction of sp³-hybridized carbons (Fsp3) is 0.300. The molecule has 2 unspecified atom stereocenters. The van der Waals surface area contributed by atoms with E-state index in [0.29, 0.717) is 4.47 Å². The number of carboxylic acid groups (broad SMARTS) is 1. The third-order valence-electron chi connectivity index (χ3n) is 2.06. The molecule has 0 amide bonds. The minimum atomic E-state index is -1.34. The number of halogens is 1. The number of carboxylic acids is 1. The zero-order chi connectivity index (χ0) is 12.3. The van der Waals surface area contributed by atoms with E-state index in [1.165, 1.54) is 18.2 Å². The zero-order valence-electron chi connectivity index (χ0n) is 8.17. The highest BCUT2D eigenvalue weighted by molar-refractivity contribution is 9.10. The second-order valence-electron chi connectivity index (χ2n) is 3.27. The summed E-state index contributed by atoms with van der Waals surface area (Å²) in [6.07, 6.45) is -2.66. The van der Waals surface area contributed by atoms with E-state index in [-0.39, 0.29) is 11.1 Å². The molecule has 0 spiro atoms. The molecule has 16 heavy (non-hydrogen) atoms. The molecule has 0 aliphatic rings. The molecule has 0 heterocycles. The van der Waals surface area contributed by atoms with Crippen molar-refractivity contribution in [3.05, 3.63) is 33.8 Å². The lowest BCUT2D eigenvalue weighted by molar-refractivity contribution is -0.0153. The molecule has 88 valence electrons. The highest BCUT2D eigenvalue weighted by Crippen LogP contribution is 2.23. The summed E-state index contributed by atoms with van der Waals surface area (Å²) in [5, 5.41) is 36.3. The lowest BCUT2D eigenvalue weighted by Gasteiger charge is -2.16. The Bertz CT molecular complexity index is 393. The zero-order valence-corrected chi connectivity index (χ0v) is 9.75. The third-order valence-corrected chi connectivity index (χ3v) is 2.52. The maximum absolute atomic E-state index is 10.8. The lowest BCUT2D eigenvalue weighted by atomic mass is 10.0. The Labute approximate surface area is 100 Å². The van der Waals surface area contributed by atoms with E-state index in [9.17, 15) is 15.0 Å². The number of aliphatic hydroxyl groups excluding tert-OH is 3. The van der Waals surface area contributed by atoms with Gasteiger partial charge in [0.25, 0.3) is 0 Å². The van der Waals surface area contributed by atoms with Crippen molar-refractivity contribution in [3.8, 4) is 0 Å². The second kappa shape index (κ2) is 5.40. The van der Waals surface area contributed by atoms with E-state index in [0.717, 1.165) is 0 Å². The quantitative estimate of drug-likeness (QED) is 0.649. The molecule has 5 nitrogen and oxygen atoms in total. The van der Waals surface area contributed by atoms with Crippen LogP contribution in [0.5, 0.6) is 0 Å². The van der Waals surface area contributed by atoms with Crippen molar-refractivity contribution in [3.63, 3.8) is 0 Å². The number of rotatable bonds is 4. The van der Waals surface area contributed by atoms with Gasteiger partial charge in [0.15, 0.2) is 0 Å². The predicted octanol–water partition coefficient (Wildman–Crippen LogP) is 0.534. The van der Waals surface area contributed by atoms with E-state index in [1.807, 2.05) is 0 Å². The number of benzene rings is 1. The minimum absolute atomic E-state index is 0.00596. The van der Waals surface area contributed by atoms with Crippen LogP contribution >= 0.6 is 15.9 Å². The van der Waals surface area contributed by atoms with Gasteiger partial charge in [0.2, 0.25) is 0 Å². The van der Waals surface area contributed by atoms with E-state index >= 15 is 0 Å². The van der Waals surface area contributed by atoms with Crippen molar-refractivity contribution in [1.82, 2.24) is 0 Å². The van der Waals surface area contributed by atoms with E-state index in [1.54, 1.807) is 0 Å². The highest BCUT2D eigenvalue weighted by atomic mass is 79.9. The molecule has 4 N–H and O–H groups in total. The van der Waals surface area contributed by atoms with Gasteiger partial charge in [0, 0.05) is 4.47 Å². The van der Waals surface area contributed by atoms with Gasteiger partial charge in [-0.25, -0.2) is 4.79 Å². The smallest absolute Gasteiger partial charge is 0.335 e. The maximum Gasteiger partial charge on any atom is 0.335 e. The van der Waals surface area contributed by atoms with Crippen molar-refractivity contribution >= 4 is 21.9 Å². The molecular weight excluding hydrogens is 280 g/mol. The van der Waals surface area contributed by atoms with E-state index < -0.39 is 24.8 Å². The Balaban J connectivity index is 3.09. The molecule has 0 saturated heterocycles. The Hall–Kier alpha value is -0.950. The summed E-state index contributed by atoms with van der Waals surface area (Å²) in [5.41, 5.74) is 0.224. The van der Waals surface area contributed by atoms with Crippen molar-refractivity contribution in [1.29, 1.82) is 0 Å². The monoisotopic (exact) mass is 290 g/mol.